The number of benzene rings is 1. The zero-order valence-electron chi connectivity index (χ0n) is 14.2. The summed E-state index contributed by atoms with van der Waals surface area (Å²) in [7, 11) is 0. The molecule has 1 saturated heterocycles. The SMILES string of the molecule is CC(=O)Nc1ccc(CC(=O)NCCCOCC2CCCO2)cc1. The molecule has 0 bridgehead atoms. The first kappa shape index (κ1) is 18.4. The zero-order chi connectivity index (χ0) is 17.2. The molecule has 1 aliphatic rings. The third-order valence-electron chi connectivity index (χ3n) is 3.75. The predicted molar refractivity (Wildman–Crippen MR) is 91.9 cm³/mol. The van der Waals surface area contributed by atoms with Gasteiger partial charge >= 0.3 is 0 Å². The molecule has 0 spiro atoms. The second kappa shape index (κ2) is 10.1. The van der Waals surface area contributed by atoms with Gasteiger partial charge in [-0.1, -0.05) is 12.1 Å². The Balaban J connectivity index is 1.55. The maximum atomic E-state index is 11.9. The van der Waals surface area contributed by atoms with Crippen LogP contribution in [-0.2, 0) is 25.5 Å². The lowest BCUT2D eigenvalue weighted by atomic mass is 10.1. The number of ether oxygens (including phenoxy) is 2. The van der Waals surface area contributed by atoms with E-state index in [1.807, 2.05) is 12.1 Å². The molecule has 1 heterocycles. The summed E-state index contributed by atoms with van der Waals surface area (Å²) in [6.07, 6.45) is 3.57. The Morgan fingerprint density at radius 1 is 1.29 bits per heavy atom. The van der Waals surface area contributed by atoms with Crippen molar-refractivity contribution >= 4 is 17.5 Å². The van der Waals surface area contributed by atoms with Gasteiger partial charge < -0.3 is 20.1 Å². The molecule has 1 fully saturated rings. The van der Waals surface area contributed by atoms with Crippen LogP contribution >= 0.6 is 0 Å². The fourth-order valence-electron chi connectivity index (χ4n) is 2.55. The molecule has 0 aliphatic carbocycles. The van der Waals surface area contributed by atoms with Crippen LogP contribution in [0.2, 0.25) is 0 Å². The van der Waals surface area contributed by atoms with Crippen molar-refractivity contribution in [1.82, 2.24) is 5.32 Å². The van der Waals surface area contributed by atoms with Crippen LogP contribution in [0, 0.1) is 0 Å². The second-order valence-electron chi connectivity index (χ2n) is 5.97. The monoisotopic (exact) mass is 334 g/mol. The molecule has 1 aromatic carbocycles. The number of amides is 2. The van der Waals surface area contributed by atoms with Crippen molar-refractivity contribution in [3.63, 3.8) is 0 Å². The maximum Gasteiger partial charge on any atom is 0.224 e. The maximum absolute atomic E-state index is 11.9. The minimum absolute atomic E-state index is 0.0126. The van der Waals surface area contributed by atoms with Crippen molar-refractivity contribution in [3.05, 3.63) is 29.8 Å². The van der Waals surface area contributed by atoms with Gasteiger partial charge in [-0.3, -0.25) is 9.59 Å². The highest BCUT2D eigenvalue weighted by Crippen LogP contribution is 2.12. The van der Waals surface area contributed by atoms with Crippen LogP contribution in [0.4, 0.5) is 5.69 Å². The van der Waals surface area contributed by atoms with Crippen molar-refractivity contribution in [2.45, 2.75) is 38.7 Å². The van der Waals surface area contributed by atoms with Gasteiger partial charge in [-0.2, -0.15) is 0 Å². The fourth-order valence-corrected chi connectivity index (χ4v) is 2.55. The molecule has 1 aromatic rings. The van der Waals surface area contributed by atoms with Crippen LogP contribution in [0.3, 0.4) is 0 Å². The highest BCUT2D eigenvalue weighted by Gasteiger charge is 2.14. The summed E-state index contributed by atoms with van der Waals surface area (Å²) in [6, 6.07) is 7.27. The standard InChI is InChI=1S/C18H26N2O4/c1-14(21)20-16-7-5-15(6-8-16)12-18(22)19-9-3-10-23-13-17-4-2-11-24-17/h5-8,17H,2-4,9-13H2,1H3,(H,19,22)(H,20,21). The summed E-state index contributed by atoms with van der Waals surface area (Å²) in [5.41, 5.74) is 1.64. The molecular formula is C18H26N2O4. The molecule has 6 nitrogen and oxygen atoms in total. The molecule has 2 amide bonds. The molecule has 2 rings (SSSR count). The Labute approximate surface area is 142 Å². The Bertz CT molecular complexity index is 524. The van der Waals surface area contributed by atoms with E-state index in [9.17, 15) is 9.59 Å². The first-order valence-electron chi connectivity index (χ1n) is 8.46. The van der Waals surface area contributed by atoms with E-state index < -0.39 is 0 Å². The van der Waals surface area contributed by atoms with E-state index in [4.69, 9.17) is 9.47 Å². The largest absolute Gasteiger partial charge is 0.379 e. The number of rotatable bonds is 9. The lowest BCUT2D eigenvalue weighted by Crippen LogP contribution is -2.27. The van der Waals surface area contributed by atoms with Gasteiger partial charge in [0.25, 0.3) is 0 Å². The average molecular weight is 334 g/mol. The molecule has 0 saturated carbocycles. The first-order valence-corrected chi connectivity index (χ1v) is 8.46. The molecular weight excluding hydrogens is 308 g/mol. The van der Waals surface area contributed by atoms with Crippen molar-refractivity contribution in [1.29, 1.82) is 0 Å². The summed E-state index contributed by atoms with van der Waals surface area (Å²) in [6.45, 7) is 4.19. The van der Waals surface area contributed by atoms with Gasteiger partial charge in [0.2, 0.25) is 11.8 Å². The average Bonchev–Trinajstić information content (AvgIpc) is 3.05. The Morgan fingerprint density at radius 3 is 2.75 bits per heavy atom. The highest BCUT2D eigenvalue weighted by atomic mass is 16.5. The van der Waals surface area contributed by atoms with Gasteiger partial charge in [-0.05, 0) is 37.0 Å². The summed E-state index contributed by atoms with van der Waals surface area (Å²) < 4.78 is 11.0. The predicted octanol–water partition coefficient (Wildman–Crippen LogP) is 1.89. The van der Waals surface area contributed by atoms with E-state index in [1.165, 1.54) is 6.92 Å². The van der Waals surface area contributed by atoms with Crippen LogP contribution < -0.4 is 10.6 Å². The highest BCUT2D eigenvalue weighted by molar-refractivity contribution is 5.88. The molecule has 1 atom stereocenters. The Hall–Kier alpha value is -1.92. The Kier molecular flexibility index (Phi) is 7.71. The van der Waals surface area contributed by atoms with Gasteiger partial charge in [-0.25, -0.2) is 0 Å². The number of carbonyl (C=O) groups is 2. The zero-order valence-corrected chi connectivity index (χ0v) is 14.2. The van der Waals surface area contributed by atoms with Crippen molar-refractivity contribution in [3.8, 4) is 0 Å². The third-order valence-corrected chi connectivity index (χ3v) is 3.75. The van der Waals surface area contributed by atoms with Gasteiger partial charge in [0.15, 0.2) is 0 Å². The lowest BCUT2D eigenvalue weighted by Gasteiger charge is -2.10. The van der Waals surface area contributed by atoms with Crippen LogP contribution in [0.15, 0.2) is 24.3 Å². The van der Waals surface area contributed by atoms with E-state index in [0.29, 0.717) is 26.2 Å². The van der Waals surface area contributed by atoms with Crippen LogP contribution in [-0.4, -0.2) is 44.3 Å². The van der Waals surface area contributed by atoms with E-state index in [0.717, 1.165) is 37.1 Å². The topological polar surface area (TPSA) is 76.7 Å². The van der Waals surface area contributed by atoms with Gasteiger partial charge in [-0.15, -0.1) is 0 Å². The summed E-state index contributed by atoms with van der Waals surface area (Å²) in [4.78, 5) is 22.8. The molecule has 1 aliphatic heterocycles. The fraction of sp³-hybridized carbons (Fsp3) is 0.556. The van der Waals surface area contributed by atoms with Gasteiger partial charge in [0.1, 0.15) is 0 Å². The number of nitrogens with one attached hydrogen (secondary N) is 2. The minimum Gasteiger partial charge on any atom is -0.379 e. The molecule has 2 N–H and O–H groups in total. The second-order valence-corrected chi connectivity index (χ2v) is 5.97. The normalized spacial score (nSPS) is 16.8. The molecule has 24 heavy (non-hydrogen) atoms. The quantitative estimate of drug-likeness (QED) is 0.676. The summed E-state index contributed by atoms with van der Waals surface area (Å²) in [5.74, 6) is -0.122. The van der Waals surface area contributed by atoms with E-state index in [2.05, 4.69) is 10.6 Å². The smallest absolute Gasteiger partial charge is 0.224 e. The minimum atomic E-state index is -0.109. The molecule has 6 heteroatoms. The summed E-state index contributed by atoms with van der Waals surface area (Å²) >= 11 is 0. The van der Waals surface area contributed by atoms with Crippen molar-refractivity contribution in [2.24, 2.45) is 0 Å². The Morgan fingerprint density at radius 2 is 2.08 bits per heavy atom. The van der Waals surface area contributed by atoms with Crippen molar-refractivity contribution < 1.29 is 19.1 Å². The molecule has 0 aromatic heterocycles. The number of anilines is 1. The third kappa shape index (κ3) is 7.10. The van der Waals surface area contributed by atoms with Crippen LogP contribution in [0.1, 0.15) is 31.7 Å². The molecule has 1 unspecified atom stereocenters. The molecule has 0 radical (unpaired) electrons. The summed E-state index contributed by atoms with van der Waals surface area (Å²) in [5, 5.41) is 5.58. The first-order chi connectivity index (χ1) is 11.6. The number of carbonyl (C=O) groups excluding carboxylic acids is 2. The van der Waals surface area contributed by atoms with E-state index >= 15 is 0 Å². The lowest BCUT2D eigenvalue weighted by molar-refractivity contribution is -0.120. The number of hydrogen-bond donors (Lipinski definition) is 2. The van der Waals surface area contributed by atoms with Crippen LogP contribution in [0.25, 0.3) is 0 Å². The van der Waals surface area contributed by atoms with E-state index in [1.54, 1.807) is 12.1 Å². The van der Waals surface area contributed by atoms with Crippen LogP contribution in [0.5, 0.6) is 0 Å². The molecule has 132 valence electrons. The number of hydrogen-bond acceptors (Lipinski definition) is 4. The van der Waals surface area contributed by atoms with Gasteiger partial charge in [0, 0.05) is 32.4 Å². The van der Waals surface area contributed by atoms with Crippen molar-refractivity contribution in [2.75, 3.05) is 31.7 Å². The van der Waals surface area contributed by atoms with Gasteiger partial charge in [0.05, 0.1) is 19.1 Å². The van der Waals surface area contributed by atoms with E-state index in [-0.39, 0.29) is 17.9 Å².